The lowest BCUT2D eigenvalue weighted by Crippen LogP contribution is -2.74. The van der Waals surface area contributed by atoms with Gasteiger partial charge >= 0.3 is 5.97 Å². The fourth-order valence-corrected chi connectivity index (χ4v) is 6.83. The second kappa shape index (κ2) is 7.85. The van der Waals surface area contributed by atoms with Crippen molar-refractivity contribution in [3.8, 4) is 0 Å². The van der Waals surface area contributed by atoms with Gasteiger partial charge in [0.05, 0.1) is 35.5 Å². The van der Waals surface area contributed by atoms with Crippen molar-refractivity contribution in [2.45, 2.75) is 63.6 Å². The topological polar surface area (TPSA) is 126 Å². The average Bonchev–Trinajstić information content (AvgIpc) is 3.38. The third-order valence-electron chi connectivity index (χ3n) is 8.12. The highest BCUT2D eigenvalue weighted by molar-refractivity contribution is 6.19. The smallest absolute Gasteiger partial charge is 0.302 e. The quantitative estimate of drug-likeness (QED) is 0.463. The molecule has 8 atom stereocenters. The number of ketones is 1. The monoisotopic (exact) mass is 456 g/mol. The van der Waals surface area contributed by atoms with Crippen molar-refractivity contribution in [1.82, 2.24) is 0 Å². The van der Waals surface area contributed by atoms with E-state index in [1.54, 1.807) is 13.0 Å². The molecule has 3 fully saturated rings. The number of carbonyl (C=O) groups is 2. The zero-order chi connectivity index (χ0) is 22.6. The van der Waals surface area contributed by atoms with E-state index in [1.807, 2.05) is 0 Å². The molecule has 8 nitrogen and oxygen atoms in total. The van der Waals surface area contributed by atoms with Crippen LogP contribution in [0, 0.1) is 22.7 Å². The van der Waals surface area contributed by atoms with Crippen LogP contribution in [0.2, 0.25) is 0 Å². The van der Waals surface area contributed by atoms with Crippen LogP contribution in [0.4, 0.5) is 0 Å². The lowest BCUT2D eigenvalue weighted by atomic mass is 9.41. The van der Waals surface area contributed by atoms with E-state index >= 15 is 0 Å². The molecule has 0 bridgehead atoms. The van der Waals surface area contributed by atoms with Crippen molar-refractivity contribution in [2.24, 2.45) is 22.7 Å². The molecule has 1 aromatic heterocycles. The molecule has 31 heavy (non-hydrogen) atoms. The van der Waals surface area contributed by atoms with Gasteiger partial charge in [0, 0.05) is 23.8 Å². The number of hydrogen-bond acceptors (Lipinski definition) is 8. The largest absolute Gasteiger partial charge is 0.472 e. The number of furan rings is 1. The van der Waals surface area contributed by atoms with Gasteiger partial charge in [-0.1, -0.05) is 13.3 Å². The number of halogens is 1. The fourth-order valence-electron chi connectivity index (χ4n) is 6.46. The molecule has 0 amide bonds. The lowest BCUT2D eigenvalue weighted by Gasteiger charge is -2.63. The Kier molecular flexibility index (Phi) is 5.75. The highest BCUT2D eigenvalue weighted by atomic mass is 35.5. The number of fused-ring (bicyclic) bond motifs is 2. The maximum atomic E-state index is 13.6. The van der Waals surface area contributed by atoms with Crippen LogP contribution in [0.1, 0.15) is 51.2 Å². The predicted molar refractivity (Wildman–Crippen MR) is 108 cm³/mol. The number of ether oxygens (including phenoxy) is 2. The molecule has 0 radical (unpaired) electrons. The summed E-state index contributed by atoms with van der Waals surface area (Å²) in [6, 6.07) is 1.74. The highest BCUT2D eigenvalue weighted by Crippen LogP contribution is 2.67. The Morgan fingerprint density at radius 3 is 2.74 bits per heavy atom. The Balaban J connectivity index is 1.87. The Morgan fingerprint density at radius 1 is 1.39 bits per heavy atom. The van der Waals surface area contributed by atoms with Crippen LogP contribution < -0.4 is 0 Å². The molecular formula is C22H29ClO8. The summed E-state index contributed by atoms with van der Waals surface area (Å²) in [6.07, 6.45) is 1.34. The van der Waals surface area contributed by atoms with Crippen molar-refractivity contribution in [2.75, 3.05) is 12.5 Å². The Bertz CT molecular complexity index is 843. The van der Waals surface area contributed by atoms with Crippen molar-refractivity contribution in [3.63, 3.8) is 0 Å². The highest BCUT2D eigenvalue weighted by Gasteiger charge is 2.75. The maximum Gasteiger partial charge on any atom is 0.302 e. The van der Waals surface area contributed by atoms with Gasteiger partial charge in [-0.15, -0.1) is 11.6 Å². The van der Waals surface area contributed by atoms with Crippen LogP contribution >= 0.6 is 11.6 Å². The number of aliphatic hydroxyl groups is 3. The molecule has 1 aromatic rings. The molecular weight excluding hydrogens is 428 g/mol. The third kappa shape index (κ3) is 3.03. The first-order valence-electron chi connectivity index (χ1n) is 10.6. The van der Waals surface area contributed by atoms with Gasteiger partial charge < -0.3 is 29.2 Å². The van der Waals surface area contributed by atoms with Crippen LogP contribution in [0.15, 0.2) is 23.0 Å². The summed E-state index contributed by atoms with van der Waals surface area (Å²) in [5, 5.41) is 33.9. The molecule has 2 heterocycles. The van der Waals surface area contributed by atoms with Gasteiger partial charge in [0.15, 0.2) is 12.1 Å². The lowest BCUT2D eigenvalue weighted by molar-refractivity contribution is -0.260. The number of esters is 1. The van der Waals surface area contributed by atoms with E-state index < -0.39 is 65.1 Å². The summed E-state index contributed by atoms with van der Waals surface area (Å²) in [4.78, 5) is 25.3. The van der Waals surface area contributed by atoms with Crippen molar-refractivity contribution >= 4 is 23.4 Å². The average molecular weight is 457 g/mol. The van der Waals surface area contributed by atoms with E-state index in [9.17, 15) is 24.9 Å². The van der Waals surface area contributed by atoms with Gasteiger partial charge in [-0.25, -0.2) is 0 Å². The Morgan fingerprint density at radius 2 is 2.13 bits per heavy atom. The number of Topliss-reactive ketones (excluding diaryl/α,β-unsaturated/α-hetero) is 1. The first-order valence-corrected chi connectivity index (χ1v) is 11.2. The van der Waals surface area contributed by atoms with Gasteiger partial charge in [-0.3, -0.25) is 9.59 Å². The van der Waals surface area contributed by atoms with Crippen LogP contribution in [0.3, 0.4) is 0 Å². The molecule has 1 aliphatic heterocycles. The van der Waals surface area contributed by atoms with E-state index in [1.165, 1.54) is 19.5 Å². The minimum atomic E-state index is -1.70. The SMILES string of the molecule is CC(=O)OC[C@@]12C(=O)[C@@H](O)[C@@H](C)[C@]3(C[C@@H](c4ccoc4)O[C@@H]3O)[C@H]1CCC[C@]2(O)CCl. The molecule has 1 spiro atoms. The van der Waals surface area contributed by atoms with Crippen LogP contribution in [-0.2, 0) is 19.1 Å². The summed E-state index contributed by atoms with van der Waals surface area (Å²) in [5.41, 5.74) is -3.68. The maximum absolute atomic E-state index is 13.6. The van der Waals surface area contributed by atoms with E-state index in [-0.39, 0.29) is 12.3 Å². The standard InChI is InChI=1S/C22H29ClO8/c1-12-17(25)18(26)22(11-30-13(2)24)16(4-3-6-20(22,28)10-23)21(12)8-15(31-19(21)27)14-5-7-29-9-14/h5,7,9,12,15-17,19,25,27-28H,3-4,6,8,10-11H2,1-2H3/t12-,15+,16-,17+,19+,20+,21-,22+/m1/s1. The molecule has 9 heteroatoms. The number of carbonyl (C=O) groups excluding carboxylic acids is 2. The molecule has 3 N–H and O–H groups in total. The van der Waals surface area contributed by atoms with Crippen molar-refractivity contribution in [3.05, 3.63) is 24.2 Å². The summed E-state index contributed by atoms with van der Waals surface area (Å²) in [6.45, 7) is 2.53. The fraction of sp³-hybridized carbons (Fsp3) is 0.727. The minimum Gasteiger partial charge on any atom is -0.472 e. The summed E-state index contributed by atoms with van der Waals surface area (Å²) in [5.74, 6) is -2.74. The van der Waals surface area contributed by atoms with Crippen molar-refractivity contribution in [1.29, 1.82) is 0 Å². The van der Waals surface area contributed by atoms with Gasteiger partial charge in [0.1, 0.15) is 12.7 Å². The van der Waals surface area contributed by atoms with E-state index in [2.05, 4.69) is 0 Å². The second-order valence-electron chi connectivity index (χ2n) is 9.31. The number of rotatable bonds is 4. The number of aliphatic hydroxyl groups excluding tert-OH is 2. The zero-order valence-electron chi connectivity index (χ0n) is 17.6. The van der Waals surface area contributed by atoms with E-state index in [4.69, 9.17) is 25.5 Å². The molecule has 0 unspecified atom stereocenters. The Labute approximate surface area is 185 Å². The van der Waals surface area contributed by atoms with Gasteiger partial charge in [-0.2, -0.15) is 0 Å². The zero-order valence-corrected chi connectivity index (χ0v) is 18.4. The Hall–Kier alpha value is -1.45. The first kappa shape index (κ1) is 22.7. The first-order chi connectivity index (χ1) is 14.6. The molecule has 172 valence electrons. The molecule has 3 aliphatic rings. The summed E-state index contributed by atoms with van der Waals surface area (Å²) >= 11 is 6.21. The number of alkyl halides is 1. The van der Waals surface area contributed by atoms with Crippen LogP contribution in [-0.4, -0.2) is 57.6 Å². The van der Waals surface area contributed by atoms with Gasteiger partial charge in [0.25, 0.3) is 0 Å². The minimum absolute atomic E-state index is 0.222. The molecule has 4 rings (SSSR count). The molecule has 0 aromatic carbocycles. The van der Waals surface area contributed by atoms with Crippen LogP contribution in [0.5, 0.6) is 0 Å². The van der Waals surface area contributed by atoms with Crippen molar-refractivity contribution < 1.29 is 38.8 Å². The van der Waals surface area contributed by atoms with E-state index in [0.29, 0.717) is 19.3 Å². The third-order valence-corrected chi connectivity index (χ3v) is 8.56. The summed E-state index contributed by atoms with van der Waals surface area (Å²) in [7, 11) is 0. The number of hydrogen-bond donors (Lipinski definition) is 3. The van der Waals surface area contributed by atoms with Gasteiger partial charge in [0.2, 0.25) is 0 Å². The molecule has 2 saturated carbocycles. The normalized spacial score (nSPS) is 45.0. The van der Waals surface area contributed by atoms with Crippen LogP contribution in [0.25, 0.3) is 0 Å². The summed E-state index contributed by atoms with van der Waals surface area (Å²) < 4.78 is 16.4. The second-order valence-corrected chi connectivity index (χ2v) is 9.58. The molecule has 2 aliphatic carbocycles. The predicted octanol–water partition coefficient (Wildman–Crippen LogP) is 1.94. The molecule has 1 saturated heterocycles. The van der Waals surface area contributed by atoms with E-state index in [0.717, 1.165) is 5.56 Å². The van der Waals surface area contributed by atoms with Gasteiger partial charge in [-0.05, 0) is 31.2 Å².